The first-order chi connectivity index (χ1) is 15.8. The average molecular weight is 465 g/mol. The van der Waals surface area contributed by atoms with Crippen LogP contribution in [-0.4, -0.2) is 20.8 Å². The van der Waals surface area contributed by atoms with E-state index in [-0.39, 0.29) is 12.3 Å². The Hall–Kier alpha value is -3.58. The number of benzene rings is 2. The van der Waals surface area contributed by atoms with Crippen molar-refractivity contribution in [1.82, 2.24) is 14.9 Å². The highest BCUT2D eigenvalue weighted by Gasteiger charge is 2.22. The maximum atomic E-state index is 12.9. The molecule has 0 aliphatic heterocycles. The Bertz CT molecular complexity index is 1310. The van der Waals surface area contributed by atoms with Crippen molar-refractivity contribution in [3.63, 3.8) is 0 Å². The highest BCUT2D eigenvalue weighted by atomic mass is 35.5. The van der Waals surface area contributed by atoms with Crippen LogP contribution in [0.5, 0.6) is 5.75 Å². The Labute approximate surface area is 197 Å². The highest BCUT2D eigenvalue weighted by molar-refractivity contribution is 6.30. The lowest BCUT2D eigenvalue weighted by Crippen LogP contribution is -2.16. The SMILES string of the molecule is Cc1cccc(OCc2c(C(=O)Nc3cc(C)n(Cc4cccc(Cl)c4)n3)noc2C)c1C. The van der Waals surface area contributed by atoms with E-state index in [1.165, 1.54) is 0 Å². The summed E-state index contributed by atoms with van der Waals surface area (Å²) in [6, 6.07) is 15.3. The van der Waals surface area contributed by atoms with Crippen LogP contribution < -0.4 is 10.1 Å². The van der Waals surface area contributed by atoms with Gasteiger partial charge in [-0.05, 0) is 62.6 Å². The van der Waals surface area contributed by atoms with E-state index in [0.717, 1.165) is 28.1 Å². The Balaban J connectivity index is 1.48. The Morgan fingerprint density at radius 3 is 2.70 bits per heavy atom. The van der Waals surface area contributed by atoms with Gasteiger partial charge in [0.1, 0.15) is 18.1 Å². The molecule has 1 amide bonds. The molecule has 8 heteroatoms. The van der Waals surface area contributed by atoms with Crippen molar-refractivity contribution in [2.75, 3.05) is 5.32 Å². The van der Waals surface area contributed by atoms with Gasteiger partial charge >= 0.3 is 0 Å². The molecule has 2 heterocycles. The fraction of sp³-hybridized carbons (Fsp3) is 0.240. The van der Waals surface area contributed by atoms with E-state index in [1.807, 2.05) is 69.3 Å². The van der Waals surface area contributed by atoms with Gasteiger partial charge in [-0.15, -0.1) is 0 Å². The van der Waals surface area contributed by atoms with E-state index in [4.69, 9.17) is 20.9 Å². The highest BCUT2D eigenvalue weighted by Crippen LogP contribution is 2.24. The third-order valence-electron chi connectivity index (χ3n) is 5.57. The number of nitrogens with one attached hydrogen (secondary N) is 1. The molecule has 0 unspecified atom stereocenters. The Morgan fingerprint density at radius 2 is 1.91 bits per heavy atom. The average Bonchev–Trinajstić information content (AvgIpc) is 3.31. The molecular weight excluding hydrogens is 440 g/mol. The number of hydrogen-bond acceptors (Lipinski definition) is 5. The molecule has 0 bridgehead atoms. The van der Waals surface area contributed by atoms with E-state index in [2.05, 4.69) is 15.6 Å². The van der Waals surface area contributed by atoms with E-state index in [0.29, 0.717) is 28.7 Å². The molecule has 170 valence electrons. The number of rotatable bonds is 7. The summed E-state index contributed by atoms with van der Waals surface area (Å²) >= 11 is 6.08. The third-order valence-corrected chi connectivity index (χ3v) is 5.81. The van der Waals surface area contributed by atoms with E-state index >= 15 is 0 Å². The fourth-order valence-electron chi connectivity index (χ4n) is 3.49. The van der Waals surface area contributed by atoms with Crippen molar-refractivity contribution in [1.29, 1.82) is 0 Å². The van der Waals surface area contributed by atoms with E-state index in [9.17, 15) is 4.79 Å². The molecule has 33 heavy (non-hydrogen) atoms. The summed E-state index contributed by atoms with van der Waals surface area (Å²) in [7, 11) is 0. The molecule has 0 aliphatic rings. The minimum Gasteiger partial charge on any atom is -0.488 e. The van der Waals surface area contributed by atoms with Gasteiger partial charge in [0.05, 0.1) is 12.1 Å². The monoisotopic (exact) mass is 464 g/mol. The minimum absolute atomic E-state index is 0.171. The standard InChI is InChI=1S/C25H25ClN4O3/c1-15-7-5-10-22(17(15)3)32-14-21-18(4)33-29-24(21)25(31)27-23-11-16(2)30(28-23)13-19-8-6-9-20(26)12-19/h5-12H,13-14H2,1-4H3,(H,27,28,31). The number of hydrogen-bond donors (Lipinski definition) is 1. The maximum absolute atomic E-state index is 12.9. The van der Waals surface area contributed by atoms with Crippen LogP contribution in [0.4, 0.5) is 5.82 Å². The third kappa shape index (κ3) is 5.09. The smallest absolute Gasteiger partial charge is 0.279 e. The summed E-state index contributed by atoms with van der Waals surface area (Å²) in [5, 5.41) is 11.9. The Morgan fingerprint density at radius 1 is 1.12 bits per heavy atom. The molecule has 4 rings (SSSR count). The molecule has 0 saturated carbocycles. The number of amides is 1. The molecule has 0 radical (unpaired) electrons. The molecule has 1 N–H and O–H groups in total. The van der Waals surface area contributed by atoms with Crippen molar-refractivity contribution < 1.29 is 14.1 Å². The quantitative estimate of drug-likeness (QED) is 0.383. The molecule has 0 spiro atoms. The molecule has 7 nitrogen and oxygen atoms in total. The van der Waals surface area contributed by atoms with Crippen LogP contribution >= 0.6 is 11.6 Å². The maximum Gasteiger partial charge on any atom is 0.279 e. The molecular formula is C25H25ClN4O3. The van der Waals surface area contributed by atoms with Crippen molar-refractivity contribution in [3.8, 4) is 5.75 Å². The number of halogens is 1. The first-order valence-electron chi connectivity index (χ1n) is 10.6. The van der Waals surface area contributed by atoms with Crippen LogP contribution in [0, 0.1) is 27.7 Å². The van der Waals surface area contributed by atoms with Gasteiger partial charge in [0, 0.05) is 16.8 Å². The van der Waals surface area contributed by atoms with E-state index < -0.39 is 5.91 Å². The second-order valence-corrected chi connectivity index (χ2v) is 8.40. The van der Waals surface area contributed by atoms with Crippen LogP contribution in [0.1, 0.15) is 44.2 Å². The number of carbonyl (C=O) groups is 1. The molecule has 0 atom stereocenters. The van der Waals surface area contributed by atoms with Crippen LogP contribution in [0.3, 0.4) is 0 Å². The number of carbonyl (C=O) groups excluding carboxylic acids is 1. The Kier molecular flexibility index (Phi) is 6.51. The van der Waals surface area contributed by atoms with Gasteiger partial charge in [-0.3, -0.25) is 9.48 Å². The zero-order valence-corrected chi connectivity index (χ0v) is 19.7. The lowest BCUT2D eigenvalue weighted by molar-refractivity contribution is 0.101. The summed E-state index contributed by atoms with van der Waals surface area (Å²) in [5.74, 6) is 1.32. The van der Waals surface area contributed by atoms with E-state index in [1.54, 1.807) is 11.6 Å². The van der Waals surface area contributed by atoms with Crippen molar-refractivity contribution >= 4 is 23.3 Å². The minimum atomic E-state index is -0.404. The van der Waals surface area contributed by atoms with Crippen molar-refractivity contribution in [2.24, 2.45) is 0 Å². The van der Waals surface area contributed by atoms with Crippen molar-refractivity contribution in [3.05, 3.63) is 93.0 Å². The normalized spacial score (nSPS) is 10.9. The zero-order valence-electron chi connectivity index (χ0n) is 19.0. The van der Waals surface area contributed by atoms with Gasteiger partial charge in [-0.25, -0.2) is 0 Å². The molecule has 0 fully saturated rings. The van der Waals surface area contributed by atoms with Crippen LogP contribution in [0.25, 0.3) is 0 Å². The first kappa shape index (κ1) is 22.6. The lowest BCUT2D eigenvalue weighted by atomic mass is 10.1. The molecule has 2 aromatic carbocycles. The molecule has 2 aromatic heterocycles. The van der Waals surface area contributed by atoms with Crippen LogP contribution in [0.2, 0.25) is 5.02 Å². The number of aromatic nitrogens is 3. The molecule has 0 saturated heterocycles. The second kappa shape index (κ2) is 9.50. The topological polar surface area (TPSA) is 82.2 Å². The fourth-order valence-corrected chi connectivity index (χ4v) is 3.70. The van der Waals surface area contributed by atoms with Gasteiger partial charge in [0.25, 0.3) is 5.91 Å². The van der Waals surface area contributed by atoms with Gasteiger partial charge < -0.3 is 14.6 Å². The summed E-state index contributed by atoms with van der Waals surface area (Å²) in [4.78, 5) is 12.9. The summed E-state index contributed by atoms with van der Waals surface area (Å²) in [6.45, 7) is 8.43. The molecule has 0 aliphatic carbocycles. The van der Waals surface area contributed by atoms with Gasteiger partial charge in [-0.1, -0.05) is 41.0 Å². The van der Waals surface area contributed by atoms with Gasteiger partial charge in [0.2, 0.25) is 0 Å². The van der Waals surface area contributed by atoms with Crippen molar-refractivity contribution in [2.45, 2.75) is 40.8 Å². The summed E-state index contributed by atoms with van der Waals surface area (Å²) in [6.07, 6.45) is 0. The number of aryl methyl sites for hydroxylation is 3. The predicted molar refractivity (Wildman–Crippen MR) is 127 cm³/mol. The summed E-state index contributed by atoms with van der Waals surface area (Å²) < 4.78 is 13.1. The predicted octanol–water partition coefficient (Wildman–Crippen LogP) is 5.64. The van der Waals surface area contributed by atoms with Crippen LogP contribution in [0.15, 0.2) is 53.1 Å². The number of ether oxygens (including phenoxy) is 1. The first-order valence-corrected chi connectivity index (χ1v) is 10.9. The zero-order chi connectivity index (χ0) is 23.5. The van der Waals surface area contributed by atoms with Gasteiger partial charge in [0.15, 0.2) is 11.5 Å². The summed E-state index contributed by atoms with van der Waals surface area (Å²) in [5.41, 5.74) is 4.89. The van der Waals surface area contributed by atoms with Gasteiger partial charge in [-0.2, -0.15) is 5.10 Å². The largest absolute Gasteiger partial charge is 0.488 e. The lowest BCUT2D eigenvalue weighted by Gasteiger charge is -2.11. The second-order valence-electron chi connectivity index (χ2n) is 7.97. The number of nitrogens with zero attached hydrogens (tertiary/aromatic N) is 3. The van der Waals surface area contributed by atoms with Crippen LogP contribution in [-0.2, 0) is 13.2 Å². The number of anilines is 1. The molecule has 4 aromatic rings.